The predicted octanol–water partition coefficient (Wildman–Crippen LogP) is 0.181. The topological polar surface area (TPSA) is 66.1 Å². The van der Waals surface area contributed by atoms with Crippen LogP contribution in [0.4, 0.5) is 0 Å². The first-order valence-corrected chi connectivity index (χ1v) is 7.15. The van der Waals surface area contributed by atoms with E-state index < -0.39 is 0 Å². The van der Waals surface area contributed by atoms with E-state index in [1.165, 1.54) is 13.1 Å². The number of ether oxygens (including phenoxy) is 1. The fourth-order valence-electron chi connectivity index (χ4n) is 2.23. The molecular weight excluding hydrogens is 369 g/mol. The number of likely N-dealkylation sites (N-methyl/N-ethyl adjacent to an activating group) is 1. The minimum atomic E-state index is 0. The molecule has 0 spiro atoms. The lowest BCUT2D eigenvalue weighted by molar-refractivity contribution is 0.140. The van der Waals surface area contributed by atoms with Crippen molar-refractivity contribution in [1.29, 1.82) is 0 Å². The van der Waals surface area contributed by atoms with Gasteiger partial charge in [0.2, 0.25) is 0 Å². The number of nitrogens with one attached hydrogen (secondary N) is 1. The zero-order valence-electron chi connectivity index (χ0n) is 13.0. The number of piperazine rings is 1. The number of nitrogens with zero attached hydrogens (tertiary/aromatic N) is 3. The summed E-state index contributed by atoms with van der Waals surface area (Å²) in [7, 11) is 1.68. The normalized spacial score (nSPS) is 19.4. The van der Waals surface area contributed by atoms with Crippen molar-refractivity contribution in [3.8, 4) is 0 Å². The van der Waals surface area contributed by atoms with Gasteiger partial charge in [-0.25, -0.2) is 0 Å². The first-order chi connectivity index (χ1) is 9.15. The van der Waals surface area contributed by atoms with Gasteiger partial charge >= 0.3 is 0 Å². The van der Waals surface area contributed by atoms with Gasteiger partial charge in [-0.15, -0.1) is 24.0 Å². The Labute approximate surface area is 140 Å². The highest BCUT2D eigenvalue weighted by Gasteiger charge is 2.14. The Morgan fingerprint density at radius 2 is 1.90 bits per heavy atom. The molecule has 3 N–H and O–H groups in total. The Kier molecular flexibility index (Phi) is 11.5. The van der Waals surface area contributed by atoms with E-state index in [-0.39, 0.29) is 30.0 Å². The van der Waals surface area contributed by atoms with Gasteiger partial charge in [0.05, 0.1) is 13.2 Å². The van der Waals surface area contributed by atoms with E-state index in [2.05, 4.69) is 27.0 Å². The lowest BCUT2D eigenvalue weighted by Crippen LogP contribution is -2.47. The van der Waals surface area contributed by atoms with Crippen LogP contribution in [0.5, 0.6) is 0 Å². The molecule has 0 bridgehead atoms. The smallest absolute Gasteiger partial charge is 0.188 e. The number of hydrogen-bond acceptors (Lipinski definition) is 4. The number of rotatable bonds is 7. The van der Waals surface area contributed by atoms with Crippen molar-refractivity contribution in [1.82, 2.24) is 15.1 Å². The van der Waals surface area contributed by atoms with Crippen LogP contribution in [0.3, 0.4) is 0 Å². The van der Waals surface area contributed by atoms with E-state index in [1.807, 2.05) is 6.92 Å². The van der Waals surface area contributed by atoms with Crippen LogP contribution in [0.15, 0.2) is 4.99 Å². The van der Waals surface area contributed by atoms with E-state index in [4.69, 9.17) is 10.5 Å². The molecule has 0 aromatic carbocycles. The van der Waals surface area contributed by atoms with Crippen LogP contribution in [-0.4, -0.2) is 81.3 Å². The van der Waals surface area contributed by atoms with Crippen molar-refractivity contribution in [2.45, 2.75) is 19.9 Å². The lowest BCUT2D eigenvalue weighted by atomic mass is 10.3. The summed E-state index contributed by atoms with van der Waals surface area (Å²) in [6, 6.07) is 0.196. The molecule has 0 amide bonds. The van der Waals surface area contributed by atoms with Gasteiger partial charge in [-0.1, -0.05) is 6.92 Å². The molecule has 1 atom stereocenters. The third-order valence-electron chi connectivity index (χ3n) is 3.42. The second-order valence-corrected chi connectivity index (χ2v) is 5.04. The van der Waals surface area contributed by atoms with E-state index >= 15 is 0 Å². The Morgan fingerprint density at radius 1 is 1.30 bits per heavy atom. The fourth-order valence-corrected chi connectivity index (χ4v) is 2.23. The molecule has 1 saturated heterocycles. The average Bonchev–Trinajstić information content (AvgIpc) is 2.39. The van der Waals surface area contributed by atoms with Crippen LogP contribution < -0.4 is 11.1 Å². The van der Waals surface area contributed by atoms with Gasteiger partial charge in [0, 0.05) is 45.9 Å². The molecule has 120 valence electrons. The Bertz CT molecular complexity index is 269. The minimum absolute atomic E-state index is 0. The quantitative estimate of drug-likeness (QED) is 0.363. The lowest BCUT2D eigenvalue weighted by Gasteiger charge is -2.33. The summed E-state index contributed by atoms with van der Waals surface area (Å²) in [6.45, 7) is 12.4. The maximum Gasteiger partial charge on any atom is 0.188 e. The number of methoxy groups -OCH3 is 1. The summed E-state index contributed by atoms with van der Waals surface area (Å²) in [5.41, 5.74) is 5.82. The van der Waals surface area contributed by atoms with E-state index in [0.29, 0.717) is 12.6 Å². The molecule has 1 aliphatic rings. The number of aliphatic imine (C=N–C) groups is 1. The zero-order chi connectivity index (χ0) is 14.1. The maximum atomic E-state index is 5.82. The number of halogens is 1. The molecule has 6 nitrogen and oxygen atoms in total. The highest BCUT2D eigenvalue weighted by molar-refractivity contribution is 14.0. The van der Waals surface area contributed by atoms with E-state index in [0.717, 1.165) is 32.7 Å². The first-order valence-electron chi connectivity index (χ1n) is 7.15. The largest absolute Gasteiger partial charge is 0.383 e. The van der Waals surface area contributed by atoms with Crippen LogP contribution in [0.25, 0.3) is 0 Å². The van der Waals surface area contributed by atoms with Crippen molar-refractivity contribution >= 4 is 29.9 Å². The molecule has 0 radical (unpaired) electrons. The molecule has 1 rings (SSSR count). The highest BCUT2D eigenvalue weighted by Crippen LogP contribution is 2.00. The fraction of sp³-hybridized carbons (Fsp3) is 0.923. The molecule has 1 fully saturated rings. The van der Waals surface area contributed by atoms with Gasteiger partial charge in [-0.3, -0.25) is 9.89 Å². The summed E-state index contributed by atoms with van der Waals surface area (Å²) in [4.78, 5) is 9.27. The van der Waals surface area contributed by atoms with Gasteiger partial charge in [-0.05, 0) is 13.5 Å². The Hall–Kier alpha value is -0.120. The van der Waals surface area contributed by atoms with Gasteiger partial charge in [0.1, 0.15) is 0 Å². The van der Waals surface area contributed by atoms with Crippen molar-refractivity contribution in [3.05, 3.63) is 0 Å². The van der Waals surface area contributed by atoms with Crippen LogP contribution in [0.2, 0.25) is 0 Å². The first kappa shape index (κ1) is 19.9. The van der Waals surface area contributed by atoms with Gasteiger partial charge < -0.3 is 20.7 Å². The Balaban J connectivity index is 0.00000361. The molecule has 1 aliphatic heterocycles. The second kappa shape index (κ2) is 11.5. The van der Waals surface area contributed by atoms with Gasteiger partial charge in [-0.2, -0.15) is 0 Å². The number of guanidine groups is 1. The molecule has 7 heteroatoms. The molecule has 1 heterocycles. The van der Waals surface area contributed by atoms with E-state index in [9.17, 15) is 0 Å². The van der Waals surface area contributed by atoms with Crippen LogP contribution in [0, 0.1) is 0 Å². The third kappa shape index (κ3) is 8.23. The third-order valence-corrected chi connectivity index (χ3v) is 3.42. The molecule has 0 saturated carbocycles. The predicted molar refractivity (Wildman–Crippen MR) is 94.9 cm³/mol. The summed E-state index contributed by atoms with van der Waals surface area (Å²) in [6.07, 6.45) is 0. The molecule has 0 aromatic heterocycles. The zero-order valence-corrected chi connectivity index (χ0v) is 15.3. The standard InChI is InChI=1S/C13H29N5O.HI/c1-4-17-7-9-18(10-8-17)6-5-15-13(14)16-12(2)11-19-3;/h12H,4-11H2,1-3H3,(H3,14,15,16);1H. The van der Waals surface area contributed by atoms with Crippen LogP contribution in [0.1, 0.15) is 13.8 Å². The SMILES string of the molecule is CCN1CCN(CCN=C(N)NC(C)COC)CC1.I. The molecule has 0 aliphatic carbocycles. The number of nitrogens with two attached hydrogens (primary N) is 1. The van der Waals surface area contributed by atoms with E-state index in [1.54, 1.807) is 7.11 Å². The summed E-state index contributed by atoms with van der Waals surface area (Å²) in [5, 5.41) is 3.11. The van der Waals surface area contributed by atoms with Crippen molar-refractivity contribution in [3.63, 3.8) is 0 Å². The minimum Gasteiger partial charge on any atom is -0.383 e. The van der Waals surface area contributed by atoms with Gasteiger partial charge in [0.15, 0.2) is 5.96 Å². The monoisotopic (exact) mass is 399 g/mol. The van der Waals surface area contributed by atoms with Crippen LogP contribution >= 0.6 is 24.0 Å². The summed E-state index contributed by atoms with van der Waals surface area (Å²) >= 11 is 0. The van der Waals surface area contributed by atoms with Crippen molar-refractivity contribution < 1.29 is 4.74 Å². The summed E-state index contributed by atoms with van der Waals surface area (Å²) < 4.78 is 5.04. The van der Waals surface area contributed by atoms with Crippen LogP contribution in [-0.2, 0) is 4.74 Å². The molecule has 1 unspecified atom stereocenters. The Morgan fingerprint density at radius 3 is 2.45 bits per heavy atom. The molecule has 0 aromatic rings. The molecule has 20 heavy (non-hydrogen) atoms. The number of hydrogen-bond donors (Lipinski definition) is 2. The maximum absolute atomic E-state index is 5.82. The highest BCUT2D eigenvalue weighted by atomic mass is 127. The van der Waals surface area contributed by atoms with Crippen molar-refractivity contribution in [2.24, 2.45) is 10.7 Å². The average molecular weight is 399 g/mol. The van der Waals surface area contributed by atoms with Gasteiger partial charge in [0.25, 0.3) is 0 Å². The van der Waals surface area contributed by atoms with Crippen molar-refractivity contribution in [2.75, 3.05) is 59.5 Å². The second-order valence-electron chi connectivity index (χ2n) is 5.04. The molecular formula is C13H30IN5O. The summed E-state index contributed by atoms with van der Waals surface area (Å²) in [5.74, 6) is 0.511.